The summed E-state index contributed by atoms with van der Waals surface area (Å²) in [4.78, 5) is 37.9. The quantitative estimate of drug-likeness (QED) is 0.728. The molecule has 1 aromatic carbocycles. The van der Waals surface area contributed by atoms with Crippen molar-refractivity contribution < 1.29 is 23.3 Å². The van der Waals surface area contributed by atoms with E-state index in [1.165, 1.54) is 17.0 Å². The molecule has 3 heterocycles. The zero-order valence-corrected chi connectivity index (χ0v) is 17.5. The average molecular weight is 442 g/mol. The molecule has 1 aromatic heterocycles. The van der Waals surface area contributed by atoms with Crippen LogP contribution in [0.1, 0.15) is 24.0 Å². The summed E-state index contributed by atoms with van der Waals surface area (Å²) in [5.74, 6) is -0.493. The Morgan fingerprint density at radius 2 is 1.90 bits per heavy atom. The monoisotopic (exact) mass is 442 g/mol. The molecular weight excluding hydrogens is 420 g/mol. The van der Waals surface area contributed by atoms with Gasteiger partial charge < -0.3 is 9.64 Å². The van der Waals surface area contributed by atoms with Gasteiger partial charge in [-0.2, -0.15) is 5.10 Å². The van der Waals surface area contributed by atoms with Gasteiger partial charge in [0.05, 0.1) is 6.20 Å². The van der Waals surface area contributed by atoms with E-state index in [1.807, 2.05) is 30.3 Å². The minimum Gasteiger partial charge on any atom is -0.445 e. The minimum absolute atomic E-state index is 0.0765. The summed E-state index contributed by atoms with van der Waals surface area (Å²) in [6.07, 6.45) is 5.37. The Balaban J connectivity index is 1.25. The number of nitrogens with one attached hydrogen (secondary N) is 1. The summed E-state index contributed by atoms with van der Waals surface area (Å²) in [6.45, 7) is 1.18. The lowest BCUT2D eigenvalue weighted by molar-refractivity contribution is -0.123. The molecule has 0 aliphatic carbocycles. The van der Waals surface area contributed by atoms with Gasteiger partial charge in [0.1, 0.15) is 12.4 Å². The number of hydrogen-bond acceptors (Lipinski definition) is 6. The summed E-state index contributed by atoms with van der Waals surface area (Å²) in [5, 5.41) is 4.35. The fourth-order valence-corrected chi connectivity index (χ4v) is 4.43. The largest absolute Gasteiger partial charge is 0.445 e. The highest BCUT2D eigenvalue weighted by molar-refractivity contribution is 7.93. The number of ketones is 1. The van der Waals surface area contributed by atoms with Gasteiger partial charge in [-0.3, -0.25) is 14.3 Å². The van der Waals surface area contributed by atoms with Gasteiger partial charge in [-0.25, -0.2) is 13.7 Å². The molecule has 1 fully saturated rings. The van der Waals surface area contributed by atoms with E-state index in [4.69, 9.17) is 4.74 Å². The molecule has 2 aromatic rings. The molecule has 2 aliphatic heterocycles. The number of nitrogens with zero attached hydrogens (tertiary/aromatic N) is 3. The van der Waals surface area contributed by atoms with E-state index in [2.05, 4.69) is 9.82 Å². The number of piperidine rings is 1. The molecule has 1 atom stereocenters. The van der Waals surface area contributed by atoms with Crippen LogP contribution in [-0.2, 0) is 38.3 Å². The van der Waals surface area contributed by atoms with Crippen molar-refractivity contribution in [2.24, 2.45) is 5.92 Å². The second kappa shape index (κ2) is 9.25. The van der Waals surface area contributed by atoms with Gasteiger partial charge in [0.25, 0.3) is 5.91 Å². The van der Waals surface area contributed by atoms with Gasteiger partial charge in [0.15, 0.2) is 16.0 Å². The number of amides is 2. The highest BCUT2D eigenvalue weighted by Gasteiger charge is 2.28. The maximum atomic E-state index is 12.7. The first-order chi connectivity index (χ1) is 15.0. The fourth-order valence-electron chi connectivity index (χ4n) is 3.60. The summed E-state index contributed by atoms with van der Waals surface area (Å²) in [6, 6.07) is 9.49. The van der Waals surface area contributed by atoms with Crippen molar-refractivity contribution in [3.63, 3.8) is 0 Å². The number of ether oxygens (including phenoxy) is 1. The summed E-state index contributed by atoms with van der Waals surface area (Å²) in [5.41, 5.74) is 1.62. The first-order valence-corrected chi connectivity index (χ1v) is 11.1. The van der Waals surface area contributed by atoms with Crippen molar-refractivity contribution in [3.8, 4) is 0 Å². The van der Waals surface area contributed by atoms with Crippen LogP contribution in [0.4, 0.5) is 4.79 Å². The number of aromatic nitrogens is 2. The third-order valence-electron chi connectivity index (χ3n) is 5.29. The van der Waals surface area contributed by atoms with E-state index in [0.29, 0.717) is 31.5 Å². The first kappa shape index (κ1) is 21.0. The van der Waals surface area contributed by atoms with Crippen molar-refractivity contribution in [1.82, 2.24) is 19.4 Å². The first-order valence-electron chi connectivity index (χ1n) is 9.96. The predicted octanol–water partition coefficient (Wildman–Crippen LogP) is 1.64. The van der Waals surface area contributed by atoms with E-state index < -0.39 is 16.9 Å². The van der Waals surface area contributed by atoms with Crippen LogP contribution < -0.4 is 4.72 Å². The normalized spacial score (nSPS) is 19.1. The molecule has 0 spiro atoms. The lowest BCUT2D eigenvalue weighted by atomic mass is 9.90. The molecule has 0 bridgehead atoms. The van der Waals surface area contributed by atoms with Crippen LogP contribution in [0.5, 0.6) is 0 Å². The lowest BCUT2D eigenvalue weighted by Crippen LogP contribution is -2.40. The average Bonchev–Trinajstić information content (AvgIpc) is 3.38. The topological polar surface area (TPSA) is 111 Å². The predicted molar refractivity (Wildman–Crippen MR) is 112 cm³/mol. The van der Waals surface area contributed by atoms with Crippen LogP contribution in [0, 0.1) is 5.92 Å². The van der Waals surface area contributed by atoms with Gasteiger partial charge in [-0.1, -0.05) is 30.3 Å². The molecule has 1 saturated heterocycles. The third-order valence-corrected chi connectivity index (χ3v) is 6.36. The third kappa shape index (κ3) is 5.08. The molecule has 9 nitrogen and oxygen atoms in total. The number of rotatable bonds is 6. The van der Waals surface area contributed by atoms with E-state index in [9.17, 15) is 18.6 Å². The van der Waals surface area contributed by atoms with Crippen molar-refractivity contribution in [3.05, 3.63) is 59.9 Å². The highest BCUT2D eigenvalue weighted by Crippen LogP contribution is 2.21. The standard InChI is InChI=1S/C21H22N4O5S/c26-18(10-16-12-22-25(13-16)20-11-19(27)23-31(20)29)17-6-8-24(9-7-17)21(28)30-14-15-4-2-1-3-5-15/h1-5,11-13,17H,6-10,14H2,(H,23,27). The van der Waals surface area contributed by atoms with Gasteiger partial charge >= 0.3 is 6.09 Å². The van der Waals surface area contributed by atoms with Crippen LogP contribution in [-0.4, -0.2) is 49.8 Å². The van der Waals surface area contributed by atoms with Crippen molar-refractivity contribution >= 4 is 33.8 Å². The zero-order chi connectivity index (χ0) is 21.8. The molecule has 162 valence electrons. The summed E-state index contributed by atoms with van der Waals surface area (Å²) < 4.78 is 20.8. The van der Waals surface area contributed by atoms with Crippen LogP contribution in [0.2, 0.25) is 0 Å². The van der Waals surface area contributed by atoms with Crippen molar-refractivity contribution in [2.45, 2.75) is 25.9 Å². The van der Waals surface area contributed by atoms with E-state index in [-0.39, 0.29) is 35.9 Å². The van der Waals surface area contributed by atoms with Crippen LogP contribution >= 0.6 is 0 Å². The Morgan fingerprint density at radius 1 is 1.16 bits per heavy atom. The van der Waals surface area contributed by atoms with E-state index in [1.54, 1.807) is 11.1 Å². The molecule has 0 saturated carbocycles. The summed E-state index contributed by atoms with van der Waals surface area (Å²) >= 11 is 0. The number of benzene rings is 1. The maximum absolute atomic E-state index is 12.7. The molecule has 2 aliphatic rings. The Morgan fingerprint density at radius 3 is 2.58 bits per heavy atom. The highest BCUT2D eigenvalue weighted by atomic mass is 32.2. The molecule has 1 N–H and O–H groups in total. The van der Waals surface area contributed by atoms with Gasteiger partial charge in [0, 0.05) is 37.7 Å². The second-order valence-corrected chi connectivity index (χ2v) is 8.62. The number of carbonyl (C=O) groups is 3. The smallest absolute Gasteiger partial charge is 0.410 e. The van der Waals surface area contributed by atoms with Crippen molar-refractivity contribution in [1.29, 1.82) is 0 Å². The van der Waals surface area contributed by atoms with Gasteiger partial charge in [-0.15, -0.1) is 0 Å². The maximum Gasteiger partial charge on any atom is 0.410 e. The number of carbonyl (C=O) groups excluding carboxylic acids is 3. The lowest BCUT2D eigenvalue weighted by Gasteiger charge is -2.30. The Kier molecular flexibility index (Phi) is 6.26. The number of Topliss-reactive ketones (excluding diaryl/α,β-unsaturated/α-hetero) is 1. The molecule has 31 heavy (non-hydrogen) atoms. The van der Waals surface area contributed by atoms with E-state index >= 15 is 0 Å². The van der Waals surface area contributed by atoms with E-state index in [0.717, 1.165) is 5.56 Å². The molecule has 10 heteroatoms. The van der Waals surface area contributed by atoms with Crippen LogP contribution in [0.15, 0.2) is 48.8 Å². The SMILES string of the molecule is O=C1C=C(n2cc(CC(=O)C3CCN(C(=O)OCc4ccccc4)CC3)cn2)S(=O)N1. The Bertz CT molecular complexity index is 1040. The Labute approximate surface area is 181 Å². The number of hydrogen-bond donors (Lipinski definition) is 1. The molecule has 1 unspecified atom stereocenters. The zero-order valence-electron chi connectivity index (χ0n) is 16.7. The van der Waals surface area contributed by atoms with Crippen LogP contribution in [0.25, 0.3) is 5.03 Å². The minimum atomic E-state index is -1.64. The fraction of sp³-hybridized carbons (Fsp3) is 0.333. The molecule has 4 rings (SSSR count). The van der Waals surface area contributed by atoms with Crippen LogP contribution in [0.3, 0.4) is 0 Å². The van der Waals surface area contributed by atoms with Crippen molar-refractivity contribution in [2.75, 3.05) is 13.1 Å². The second-order valence-electron chi connectivity index (χ2n) is 7.46. The Hall–Kier alpha value is -3.27. The molecular formula is C21H22N4O5S. The number of likely N-dealkylation sites (tertiary alicyclic amines) is 1. The van der Waals surface area contributed by atoms with Gasteiger partial charge in [0.2, 0.25) is 0 Å². The summed E-state index contributed by atoms with van der Waals surface area (Å²) in [7, 11) is -1.64. The van der Waals surface area contributed by atoms with Gasteiger partial charge in [-0.05, 0) is 24.0 Å². The molecule has 0 radical (unpaired) electrons. The molecule has 2 amide bonds.